The summed E-state index contributed by atoms with van der Waals surface area (Å²) in [6.45, 7) is 1.77. The van der Waals surface area contributed by atoms with Gasteiger partial charge >= 0.3 is 0 Å². The van der Waals surface area contributed by atoms with Crippen LogP contribution in [0.4, 0.5) is 0 Å². The van der Waals surface area contributed by atoms with Gasteiger partial charge in [0.2, 0.25) is 5.91 Å². The molecule has 4 heteroatoms. The summed E-state index contributed by atoms with van der Waals surface area (Å²) in [5.41, 5.74) is 0. The number of carbonyl (C=O) groups is 2. The summed E-state index contributed by atoms with van der Waals surface area (Å²) >= 11 is 0. The Kier molecular flexibility index (Phi) is 3.28. The van der Waals surface area contributed by atoms with E-state index < -0.39 is 0 Å². The average molecular weight is 224 g/mol. The zero-order valence-electron chi connectivity index (χ0n) is 10.1. The van der Waals surface area contributed by atoms with Crippen molar-refractivity contribution in [2.24, 2.45) is 5.92 Å². The molecule has 0 spiro atoms. The van der Waals surface area contributed by atoms with Crippen molar-refractivity contribution in [3.05, 3.63) is 0 Å². The third kappa shape index (κ3) is 2.12. The van der Waals surface area contributed by atoms with Gasteiger partial charge in [-0.3, -0.25) is 14.6 Å². The Bertz CT molecular complexity index is 297. The molecule has 1 heterocycles. The van der Waals surface area contributed by atoms with Gasteiger partial charge in [-0.1, -0.05) is 12.8 Å². The highest BCUT2D eigenvalue weighted by atomic mass is 16.2. The third-order valence-electron chi connectivity index (χ3n) is 3.85. The van der Waals surface area contributed by atoms with E-state index in [0.717, 1.165) is 0 Å². The number of rotatable bonds is 3. The number of nitrogens with zero attached hydrogens (tertiary/aromatic N) is 2. The van der Waals surface area contributed by atoms with Crippen LogP contribution in [0.3, 0.4) is 0 Å². The normalized spacial score (nSPS) is 28.0. The van der Waals surface area contributed by atoms with Crippen LogP contribution in [-0.4, -0.2) is 41.3 Å². The second-order valence-electron chi connectivity index (χ2n) is 5.04. The van der Waals surface area contributed by atoms with Crippen molar-refractivity contribution in [2.45, 2.75) is 45.1 Å². The number of amides is 1. The minimum absolute atomic E-state index is 0.0484. The Labute approximate surface area is 96.6 Å². The molecule has 0 radical (unpaired) electrons. The third-order valence-corrected chi connectivity index (χ3v) is 3.85. The highest BCUT2D eigenvalue weighted by Crippen LogP contribution is 2.35. The van der Waals surface area contributed by atoms with E-state index >= 15 is 0 Å². The van der Waals surface area contributed by atoms with Gasteiger partial charge in [0, 0.05) is 19.5 Å². The maximum absolute atomic E-state index is 11.8. The van der Waals surface area contributed by atoms with E-state index in [1.54, 1.807) is 5.01 Å². The zero-order chi connectivity index (χ0) is 11.7. The minimum Gasteiger partial charge on any atom is -0.298 e. The first-order valence-electron chi connectivity index (χ1n) is 6.12. The minimum atomic E-state index is 0.0484. The molecule has 1 aliphatic carbocycles. The molecule has 0 bridgehead atoms. The molecule has 0 aromatic carbocycles. The predicted octanol–water partition coefficient (Wildman–Crippen LogP) is 1.21. The molecule has 2 fully saturated rings. The second-order valence-corrected chi connectivity index (χ2v) is 5.04. The van der Waals surface area contributed by atoms with Crippen molar-refractivity contribution in [1.29, 1.82) is 0 Å². The number of carbonyl (C=O) groups excluding carboxylic acids is 2. The second kappa shape index (κ2) is 4.53. The van der Waals surface area contributed by atoms with Gasteiger partial charge in [-0.2, -0.15) is 0 Å². The summed E-state index contributed by atoms with van der Waals surface area (Å²) in [7, 11) is 1.94. The van der Waals surface area contributed by atoms with E-state index in [2.05, 4.69) is 0 Å². The van der Waals surface area contributed by atoms with Gasteiger partial charge in [0.05, 0.1) is 6.54 Å². The van der Waals surface area contributed by atoms with Crippen LogP contribution in [0.15, 0.2) is 0 Å². The van der Waals surface area contributed by atoms with Crippen molar-refractivity contribution in [3.63, 3.8) is 0 Å². The molecule has 0 N–H and O–H groups in total. The molecule has 1 unspecified atom stereocenters. The average Bonchev–Trinajstić information content (AvgIpc) is 2.80. The van der Waals surface area contributed by atoms with E-state index in [9.17, 15) is 9.59 Å². The van der Waals surface area contributed by atoms with Gasteiger partial charge in [0.15, 0.2) is 5.78 Å². The topological polar surface area (TPSA) is 40.6 Å². The molecular weight excluding hydrogens is 204 g/mol. The van der Waals surface area contributed by atoms with Gasteiger partial charge in [0.1, 0.15) is 0 Å². The molecule has 0 aromatic heterocycles. The van der Waals surface area contributed by atoms with E-state index in [0.29, 0.717) is 18.4 Å². The lowest BCUT2D eigenvalue weighted by Crippen LogP contribution is -2.43. The number of Topliss-reactive ketones (excluding diaryl/α,β-unsaturated/α-hetero) is 1. The van der Waals surface area contributed by atoms with E-state index in [1.165, 1.54) is 32.6 Å². The number of hydrazine groups is 1. The van der Waals surface area contributed by atoms with Crippen LogP contribution in [0, 0.1) is 5.92 Å². The van der Waals surface area contributed by atoms with E-state index in [4.69, 9.17) is 0 Å². The molecule has 1 atom stereocenters. The maximum Gasteiger partial charge on any atom is 0.238 e. The Balaban J connectivity index is 2.02. The van der Waals surface area contributed by atoms with Gasteiger partial charge in [-0.05, 0) is 25.7 Å². The molecular formula is C12H20N2O2. The van der Waals surface area contributed by atoms with E-state index in [-0.39, 0.29) is 18.2 Å². The highest BCUT2D eigenvalue weighted by molar-refractivity contribution is 5.85. The van der Waals surface area contributed by atoms with Crippen LogP contribution in [0.2, 0.25) is 0 Å². The molecule has 2 aliphatic rings. The Morgan fingerprint density at radius 3 is 2.56 bits per heavy atom. The molecule has 1 saturated heterocycles. The first kappa shape index (κ1) is 11.6. The zero-order valence-corrected chi connectivity index (χ0v) is 10.1. The fourth-order valence-electron chi connectivity index (χ4n) is 3.00. The Hall–Kier alpha value is -0.900. The summed E-state index contributed by atoms with van der Waals surface area (Å²) in [5.74, 6) is 0.799. The number of ketones is 1. The van der Waals surface area contributed by atoms with Crippen molar-refractivity contribution < 1.29 is 9.59 Å². The lowest BCUT2D eigenvalue weighted by atomic mass is 9.96. The van der Waals surface area contributed by atoms with Gasteiger partial charge in [0.25, 0.3) is 0 Å². The lowest BCUT2D eigenvalue weighted by Gasteiger charge is -2.30. The van der Waals surface area contributed by atoms with Crippen LogP contribution in [0.25, 0.3) is 0 Å². The Morgan fingerprint density at radius 1 is 1.38 bits per heavy atom. The van der Waals surface area contributed by atoms with Gasteiger partial charge < -0.3 is 0 Å². The van der Waals surface area contributed by atoms with E-state index in [1.807, 2.05) is 12.1 Å². The largest absolute Gasteiger partial charge is 0.298 e. The SMILES string of the molecule is CC(=O)CN1C(=O)CC(C2CCCC2)N1C. The molecule has 90 valence electrons. The predicted molar refractivity (Wildman–Crippen MR) is 60.5 cm³/mol. The van der Waals surface area contributed by atoms with Crippen molar-refractivity contribution >= 4 is 11.7 Å². The van der Waals surface area contributed by atoms with Crippen LogP contribution in [0.1, 0.15) is 39.0 Å². The molecule has 2 rings (SSSR count). The quantitative estimate of drug-likeness (QED) is 0.723. The molecule has 1 amide bonds. The van der Waals surface area contributed by atoms with Crippen LogP contribution < -0.4 is 0 Å². The smallest absolute Gasteiger partial charge is 0.238 e. The van der Waals surface area contributed by atoms with Crippen LogP contribution >= 0.6 is 0 Å². The fourth-order valence-corrected chi connectivity index (χ4v) is 3.00. The summed E-state index contributed by atoms with van der Waals surface area (Å²) in [6, 6.07) is 0.328. The summed E-state index contributed by atoms with van der Waals surface area (Å²) in [4.78, 5) is 22.9. The van der Waals surface area contributed by atoms with Crippen molar-refractivity contribution in [1.82, 2.24) is 10.0 Å². The Morgan fingerprint density at radius 2 is 2.00 bits per heavy atom. The first-order chi connectivity index (χ1) is 7.59. The van der Waals surface area contributed by atoms with Gasteiger partial charge in [-0.15, -0.1) is 0 Å². The molecule has 1 saturated carbocycles. The molecule has 4 nitrogen and oxygen atoms in total. The standard InChI is InChI=1S/C12H20N2O2/c1-9(15)8-14-12(16)7-11(13(14)2)10-5-3-4-6-10/h10-11H,3-8H2,1-2H3. The lowest BCUT2D eigenvalue weighted by molar-refractivity contribution is -0.142. The fraction of sp³-hybridized carbons (Fsp3) is 0.833. The number of hydrogen-bond donors (Lipinski definition) is 0. The number of hydrogen-bond acceptors (Lipinski definition) is 3. The van der Waals surface area contributed by atoms with Gasteiger partial charge in [-0.25, -0.2) is 5.01 Å². The van der Waals surface area contributed by atoms with Crippen LogP contribution in [-0.2, 0) is 9.59 Å². The van der Waals surface area contributed by atoms with Crippen molar-refractivity contribution in [2.75, 3.05) is 13.6 Å². The first-order valence-corrected chi connectivity index (χ1v) is 6.12. The molecule has 1 aliphatic heterocycles. The highest BCUT2D eigenvalue weighted by Gasteiger charge is 2.40. The van der Waals surface area contributed by atoms with Crippen LogP contribution in [0.5, 0.6) is 0 Å². The molecule has 16 heavy (non-hydrogen) atoms. The maximum atomic E-state index is 11.8. The monoisotopic (exact) mass is 224 g/mol. The summed E-state index contributed by atoms with van der Waals surface area (Å²) in [5, 5.41) is 3.62. The summed E-state index contributed by atoms with van der Waals surface area (Å²) < 4.78 is 0. The molecule has 0 aromatic rings. The summed E-state index contributed by atoms with van der Waals surface area (Å²) in [6.07, 6.45) is 5.63. The van der Waals surface area contributed by atoms with Crippen molar-refractivity contribution in [3.8, 4) is 0 Å².